The monoisotopic (exact) mass is 502 g/mol. The third-order valence-corrected chi connectivity index (χ3v) is 7.88. The van der Waals surface area contributed by atoms with Crippen molar-refractivity contribution in [3.05, 3.63) is 65.4 Å². The Morgan fingerprint density at radius 3 is 2.35 bits per heavy atom. The van der Waals surface area contributed by atoms with Crippen LogP contribution in [0.15, 0.2) is 43.0 Å². The summed E-state index contributed by atoms with van der Waals surface area (Å²) in [5, 5.41) is 4.91. The molecule has 37 heavy (non-hydrogen) atoms. The number of nitrogens with one attached hydrogen (secondary N) is 1. The highest BCUT2D eigenvalue weighted by Crippen LogP contribution is 2.38. The number of rotatable bonds is 8. The predicted octanol–water partition coefficient (Wildman–Crippen LogP) is 6.66. The second-order valence-electron chi connectivity index (χ2n) is 11.8. The lowest BCUT2D eigenvalue weighted by molar-refractivity contribution is 0.103. The molecule has 5 nitrogen and oxygen atoms in total. The standard InChI is InChI=1S/C32H46N4O/c1-10-24-12-11-13-25-19-29(34(8)30(24)25)23(4)33-28-20-27(32(5,6)7)18-26(31(28)37-9)21-35-14-16-36(17-15-35)22(2)3/h11-13,18-20,22,33H,4,10,14-17,21H2,1-3,5-9H3. The van der Waals surface area contributed by atoms with Gasteiger partial charge in [-0.15, -0.1) is 0 Å². The zero-order valence-electron chi connectivity index (χ0n) is 24.2. The van der Waals surface area contributed by atoms with Crippen LogP contribution in [-0.4, -0.2) is 53.7 Å². The average molecular weight is 503 g/mol. The van der Waals surface area contributed by atoms with Crippen molar-refractivity contribution in [3.8, 4) is 5.75 Å². The van der Waals surface area contributed by atoms with Crippen molar-refractivity contribution >= 4 is 22.3 Å². The van der Waals surface area contributed by atoms with Gasteiger partial charge in [0.25, 0.3) is 0 Å². The summed E-state index contributed by atoms with van der Waals surface area (Å²) in [5.74, 6) is 0.911. The van der Waals surface area contributed by atoms with Crippen LogP contribution in [0.5, 0.6) is 5.75 Å². The first-order valence-electron chi connectivity index (χ1n) is 13.7. The molecule has 2 aromatic carbocycles. The minimum absolute atomic E-state index is 0.0187. The van der Waals surface area contributed by atoms with Crippen molar-refractivity contribution in [1.29, 1.82) is 0 Å². The molecule has 1 N–H and O–H groups in total. The number of fused-ring (bicyclic) bond motifs is 1. The van der Waals surface area contributed by atoms with E-state index < -0.39 is 0 Å². The van der Waals surface area contributed by atoms with Crippen molar-refractivity contribution in [2.24, 2.45) is 7.05 Å². The molecule has 2 heterocycles. The van der Waals surface area contributed by atoms with E-state index in [-0.39, 0.29) is 5.41 Å². The fourth-order valence-electron chi connectivity index (χ4n) is 5.55. The summed E-state index contributed by atoms with van der Waals surface area (Å²) >= 11 is 0. The number of nitrogens with zero attached hydrogens (tertiary/aromatic N) is 3. The van der Waals surface area contributed by atoms with Gasteiger partial charge in [0, 0.05) is 56.8 Å². The van der Waals surface area contributed by atoms with Gasteiger partial charge in [-0.25, -0.2) is 0 Å². The molecule has 0 bridgehead atoms. The number of ether oxygens (including phenoxy) is 1. The highest BCUT2D eigenvalue weighted by molar-refractivity contribution is 5.90. The number of hydrogen-bond acceptors (Lipinski definition) is 4. The number of hydrogen-bond donors (Lipinski definition) is 1. The van der Waals surface area contributed by atoms with Crippen LogP contribution < -0.4 is 10.1 Å². The van der Waals surface area contributed by atoms with E-state index in [2.05, 4.69) is 111 Å². The molecule has 0 saturated carbocycles. The highest BCUT2D eigenvalue weighted by Gasteiger charge is 2.24. The van der Waals surface area contributed by atoms with Gasteiger partial charge in [0.1, 0.15) is 5.75 Å². The van der Waals surface area contributed by atoms with Gasteiger partial charge < -0.3 is 14.6 Å². The summed E-state index contributed by atoms with van der Waals surface area (Å²) in [5.41, 5.74) is 8.12. The number of methoxy groups -OCH3 is 1. The van der Waals surface area contributed by atoms with Crippen molar-refractivity contribution in [1.82, 2.24) is 14.4 Å². The molecule has 1 aliphatic heterocycles. The van der Waals surface area contributed by atoms with Crippen molar-refractivity contribution < 1.29 is 4.74 Å². The number of aryl methyl sites for hydroxylation is 2. The Labute approximate surface area is 224 Å². The molecule has 1 fully saturated rings. The van der Waals surface area contributed by atoms with Crippen LogP contribution in [0.1, 0.15) is 63.9 Å². The fourth-order valence-corrected chi connectivity index (χ4v) is 5.55. The second kappa shape index (κ2) is 10.9. The minimum Gasteiger partial charge on any atom is -0.494 e. The minimum atomic E-state index is 0.0187. The molecule has 4 rings (SSSR count). The Hall–Kier alpha value is -2.76. The van der Waals surface area contributed by atoms with Gasteiger partial charge in [-0.2, -0.15) is 0 Å². The first kappa shape index (κ1) is 27.3. The molecule has 1 aliphatic rings. The number of anilines is 1. The summed E-state index contributed by atoms with van der Waals surface area (Å²) < 4.78 is 8.32. The van der Waals surface area contributed by atoms with Gasteiger partial charge >= 0.3 is 0 Å². The lowest BCUT2D eigenvalue weighted by Crippen LogP contribution is -2.48. The average Bonchev–Trinajstić information content (AvgIpc) is 3.20. The molecule has 0 spiro atoms. The van der Waals surface area contributed by atoms with Crippen LogP contribution in [0.4, 0.5) is 5.69 Å². The van der Waals surface area contributed by atoms with Gasteiger partial charge in [0.05, 0.1) is 29.7 Å². The Morgan fingerprint density at radius 1 is 1.05 bits per heavy atom. The lowest BCUT2D eigenvalue weighted by Gasteiger charge is -2.37. The van der Waals surface area contributed by atoms with Gasteiger partial charge in [-0.1, -0.05) is 58.5 Å². The molecular weight excluding hydrogens is 456 g/mol. The summed E-state index contributed by atoms with van der Waals surface area (Å²) in [6, 6.07) is 14.0. The quantitative estimate of drug-likeness (QED) is 0.374. The predicted molar refractivity (Wildman–Crippen MR) is 159 cm³/mol. The normalized spacial score (nSPS) is 15.5. The van der Waals surface area contributed by atoms with Crippen LogP contribution in [0.25, 0.3) is 16.6 Å². The summed E-state index contributed by atoms with van der Waals surface area (Å²) in [6.07, 6.45) is 1.00. The first-order valence-corrected chi connectivity index (χ1v) is 13.7. The molecule has 1 aromatic heterocycles. The topological polar surface area (TPSA) is 32.7 Å². The van der Waals surface area contributed by atoms with Gasteiger partial charge in [0.2, 0.25) is 0 Å². The fraction of sp³-hybridized carbons (Fsp3) is 0.500. The number of aromatic nitrogens is 1. The van der Waals surface area contributed by atoms with E-state index in [4.69, 9.17) is 4.74 Å². The van der Waals surface area contributed by atoms with Crippen LogP contribution in [0, 0.1) is 0 Å². The van der Waals surface area contributed by atoms with E-state index in [0.29, 0.717) is 6.04 Å². The third-order valence-electron chi connectivity index (χ3n) is 7.88. The molecule has 1 saturated heterocycles. The molecular formula is C32H46N4O. The summed E-state index contributed by atoms with van der Waals surface area (Å²) in [6.45, 7) is 23.3. The van der Waals surface area contributed by atoms with E-state index in [9.17, 15) is 0 Å². The van der Waals surface area contributed by atoms with Gasteiger partial charge in [-0.3, -0.25) is 9.80 Å². The zero-order valence-corrected chi connectivity index (χ0v) is 24.2. The molecule has 5 heteroatoms. The number of benzene rings is 2. The smallest absolute Gasteiger partial charge is 0.146 e. The van der Waals surface area contributed by atoms with Crippen LogP contribution in [0.2, 0.25) is 0 Å². The van der Waals surface area contributed by atoms with Crippen LogP contribution >= 0.6 is 0 Å². The molecule has 0 atom stereocenters. The van der Waals surface area contributed by atoms with Crippen LogP contribution in [-0.2, 0) is 25.4 Å². The Morgan fingerprint density at radius 2 is 1.76 bits per heavy atom. The van der Waals surface area contributed by atoms with E-state index >= 15 is 0 Å². The van der Waals surface area contributed by atoms with E-state index in [0.717, 1.165) is 62.0 Å². The molecule has 3 aromatic rings. The number of para-hydroxylation sites is 1. The SMILES string of the molecule is C=C(Nc1cc(C(C)(C)C)cc(CN2CCN(C(C)C)CC2)c1OC)c1cc2cccc(CC)c2n1C. The maximum absolute atomic E-state index is 6.06. The van der Waals surface area contributed by atoms with Crippen molar-refractivity contribution in [2.75, 3.05) is 38.6 Å². The maximum Gasteiger partial charge on any atom is 0.146 e. The summed E-state index contributed by atoms with van der Waals surface area (Å²) in [4.78, 5) is 5.11. The largest absolute Gasteiger partial charge is 0.494 e. The number of piperazine rings is 1. The van der Waals surface area contributed by atoms with E-state index in [1.54, 1.807) is 7.11 Å². The highest BCUT2D eigenvalue weighted by atomic mass is 16.5. The summed E-state index contributed by atoms with van der Waals surface area (Å²) in [7, 11) is 3.92. The third kappa shape index (κ3) is 5.73. The first-order chi connectivity index (χ1) is 17.5. The van der Waals surface area contributed by atoms with Gasteiger partial charge in [-0.05, 0) is 48.9 Å². The van der Waals surface area contributed by atoms with Crippen LogP contribution in [0.3, 0.4) is 0 Å². The molecule has 0 unspecified atom stereocenters. The van der Waals surface area contributed by atoms with Crippen molar-refractivity contribution in [3.63, 3.8) is 0 Å². The Kier molecular flexibility index (Phi) is 8.05. The second-order valence-corrected chi connectivity index (χ2v) is 11.8. The molecule has 0 aliphatic carbocycles. The lowest BCUT2D eigenvalue weighted by atomic mass is 9.85. The zero-order chi connectivity index (χ0) is 26.9. The van der Waals surface area contributed by atoms with Gasteiger partial charge in [0.15, 0.2) is 0 Å². The van der Waals surface area contributed by atoms with E-state index in [1.165, 1.54) is 27.6 Å². The molecule has 0 radical (unpaired) electrons. The maximum atomic E-state index is 6.06. The Bertz CT molecular complexity index is 1260. The molecule has 0 amide bonds. The Balaban J connectivity index is 1.67. The van der Waals surface area contributed by atoms with E-state index in [1.807, 2.05) is 0 Å². The van der Waals surface area contributed by atoms with Crippen molar-refractivity contribution in [2.45, 2.75) is 66.0 Å². The molecule has 200 valence electrons.